The first-order valence-corrected chi connectivity index (χ1v) is 6.28. The molecule has 1 aromatic heterocycles. The van der Waals surface area contributed by atoms with Crippen LogP contribution >= 0.6 is 11.8 Å². The van der Waals surface area contributed by atoms with Crippen LogP contribution in [0, 0.1) is 0 Å². The number of amides is 1. The van der Waals surface area contributed by atoms with E-state index < -0.39 is 0 Å². The Hall–Kier alpha value is -1.49. The predicted octanol–water partition coefficient (Wildman–Crippen LogP) is 2.13. The molecule has 0 aliphatic rings. The lowest BCUT2D eigenvalue weighted by molar-refractivity contribution is -0.127. The third-order valence-electron chi connectivity index (χ3n) is 2.44. The van der Waals surface area contributed by atoms with Gasteiger partial charge in [-0.3, -0.25) is 4.79 Å². The van der Waals surface area contributed by atoms with Gasteiger partial charge in [0.15, 0.2) is 5.16 Å². The summed E-state index contributed by atoms with van der Waals surface area (Å²) < 4.78 is 0. The fraction of sp³-hybridized carbons (Fsp3) is 0.333. The molecule has 0 saturated carbocycles. The number of para-hydroxylation sites is 2. The van der Waals surface area contributed by atoms with Crippen molar-refractivity contribution in [1.29, 1.82) is 0 Å². The number of fused-ring (bicyclic) bond motifs is 1. The molecule has 2 rings (SSSR count). The van der Waals surface area contributed by atoms with Crippen LogP contribution in [0.5, 0.6) is 0 Å². The zero-order chi connectivity index (χ0) is 12.4. The number of carbonyl (C=O) groups is 1. The molecule has 0 fully saturated rings. The highest BCUT2D eigenvalue weighted by Crippen LogP contribution is 2.23. The summed E-state index contributed by atoms with van der Waals surface area (Å²) in [5.41, 5.74) is 1.93. The van der Waals surface area contributed by atoms with Gasteiger partial charge in [-0.15, -0.1) is 0 Å². The summed E-state index contributed by atoms with van der Waals surface area (Å²) in [6.45, 7) is 1.89. The standard InChI is InChI=1S/C12H15N3OS/c1-8(11(16)15(2)3)17-12-13-9-6-4-5-7-10(9)14-12/h4-8H,1-3H3,(H,13,14). The fourth-order valence-corrected chi connectivity index (χ4v) is 2.53. The minimum Gasteiger partial charge on any atom is -0.348 e. The van der Waals surface area contributed by atoms with Crippen LogP contribution in [0.25, 0.3) is 11.0 Å². The van der Waals surface area contributed by atoms with Crippen molar-refractivity contribution in [2.45, 2.75) is 17.3 Å². The topological polar surface area (TPSA) is 49.0 Å². The minimum atomic E-state index is -0.134. The van der Waals surface area contributed by atoms with E-state index in [0.717, 1.165) is 16.2 Å². The Morgan fingerprint density at radius 1 is 1.41 bits per heavy atom. The summed E-state index contributed by atoms with van der Waals surface area (Å²) >= 11 is 1.45. The zero-order valence-corrected chi connectivity index (χ0v) is 10.9. The Morgan fingerprint density at radius 3 is 2.76 bits per heavy atom. The van der Waals surface area contributed by atoms with Gasteiger partial charge in [0.1, 0.15) is 0 Å². The van der Waals surface area contributed by atoms with E-state index in [2.05, 4.69) is 9.97 Å². The van der Waals surface area contributed by atoms with Crippen molar-refractivity contribution < 1.29 is 4.79 Å². The first-order chi connectivity index (χ1) is 8.08. The first kappa shape index (κ1) is 12.0. The predicted molar refractivity (Wildman–Crippen MR) is 70.1 cm³/mol. The maximum absolute atomic E-state index is 11.7. The summed E-state index contributed by atoms with van der Waals surface area (Å²) in [5, 5.41) is 0.652. The number of benzene rings is 1. The number of aromatic amines is 1. The van der Waals surface area contributed by atoms with Crippen molar-refractivity contribution in [2.24, 2.45) is 0 Å². The SMILES string of the molecule is CC(Sc1nc2ccccc2[nH]1)C(=O)N(C)C. The number of H-pyrrole nitrogens is 1. The van der Waals surface area contributed by atoms with Crippen molar-refractivity contribution in [2.75, 3.05) is 14.1 Å². The van der Waals surface area contributed by atoms with E-state index in [0.29, 0.717) is 0 Å². The van der Waals surface area contributed by atoms with Gasteiger partial charge in [0.25, 0.3) is 0 Å². The molecule has 2 aromatic rings. The fourth-order valence-electron chi connectivity index (χ4n) is 1.57. The second kappa shape index (κ2) is 4.79. The molecule has 1 atom stereocenters. The lowest BCUT2D eigenvalue weighted by Gasteiger charge is -2.14. The number of imidazole rings is 1. The third kappa shape index (κ3) is 2.61. The number of thioether (sulfide) groups is 1. The van der Waals surface area contributed by atoms with Gasteiger partial charge >= 0.3 is 0 Å². The highest BCUT2D eigenvalue weighted by Gasteiger charge is 2.17. The Bertz CT molecular complexity index is 502. The van der Waals surface area contributed by atoms with Crippen LogP contribution in [-0.2, 0) is 4.79 Å². The quantitative estimate of drug-likeness (QED) is 0.848. The highest BCUT2D eigenvalue weighted by molar-refractivity contribution is 8.00. The summed E-state index contributed by atoms with van der Waals surface area (Å²) in [5.74, 6) is 0.0930. The first-order valence-electron chi connectivity index (χ1n) is 5.40. The van der Waals surface area contributed by atoms with Gasteiger partial charge in [0, 0.05) is 14.1 Å². The Balaban J connectivity index is 2.16. The largest absolute Gasteiger partial charge is 0.348 e. The zero-order valence-electron chi connectivity index (χ0n) is 10.1. The number of rotatable bonds is 3. The van der Waals surface area contributed by atoms with Crippen LogP contribution in [-0.4, -0.2) is 40.1 Å². The van der Waals surface area contributed by atoms with E-state index in [9.17, 15) is 4.79 Å². The molecule has 0 radical (unpaired) electrons. The lowest BCUT2D eigenvalue weighted by Crippen LogP contribution is -2.29. The van der Waals surface area contributed by atoms with Crippen molar-refractivity contribution in [3.63, 3.8) is 0 Å². The summed E-state index contributed by atoms with van der Waals surface area (Å²) in [4.78, 5) is 21.0. The van der Waals surface area contributed by atoms with Crippen LogP contribution in [0.4, 0.5) is 0 Å². The summed E-state index contributed by atoms with van der Waals surface area (Å²) in [6, 6.07) is 7.84. The molecule has 1 N–H and O–H groups in total. The van der Waals surface area contributed by atoms with Crippen molar-refractivity contribution in [3.05, 3.63) is 24.3 Å². The van der Waals surface area contributed by atoms with Crippen molar-refractivity contribution >= 4 is 28.7 Å². The molecule has 0 aliphatic carbocycles. The molecule has 0 saturated heterocycles. The molecule has 4 nitrogen and oxygen atoms in total. The van der Waals surface area contributed by atoms with Crippen LogP contribution in [0.3, 0.4) is 0 Å². The molecule has 17 heavy (non-hydrogen) atoms. The highest BCUT2D eigenvalue weighted by atomic mass is 32.2. The minimum absolute atomic E-state index is 0.0930. The Kier molecular flexibility index (Phi) is 3.38. The van der Waals surface area contributed by atoms with Gasteiger partial charge in [-0.25, -0.2) is 4.98 Å². The van der Waals surface area contributed by atoms with E-state index in [1.54, 1.807) is 19.0 Å². The van der Waals surface area contributed by atoms with E-state index in [4.69, 9.17) is 0 Å². The second-order valence-corrected chi connectivity index (χ2v) is 5.38. The number of nitrogens with one attached hydrogen (secondary N) is 1. The van der Waals surface area contributed by atoms with Crippen LogP contribution in [0.15, 0.2) is 29.4 Å². The molecule has 1 heterocycles. The Morgan fingerprint density at radius 2 is 2.12 bits per heavy atom. The third-order valence-corrected chi connectivity index (χ3v) is 3.42. The molecule has 1 unspecified atom stereocenters. The normalized spacial score (nSPS) is 12.6. The summed E-state index contributed by atoms with van der Waals surface area (Å²) in [7, 11) is 3.52. The maximum atomic E-state index is 11.7. The average Bonchev–Trinajstić information content (AvgIpc) is 2.69. The molecule has 90 valence electrons. The van der Waals surface area contributed by atoms with E-state index in [1.165, 1.54) is 11.8 Å². The Labute approximate surface area is 104 Å². The molecule has 1 amide bonds. The van der Waals surface area contributed by atoms with Crippen molar-refractivity contribution in [1.82, 2.24) is 14.9 Å². The molecule has 5 heteroatoms. The van der Waals surface area contributed by atoms with E-state index >= 15 is 0 Å². The molecule has 0 spiro atoms. The average molecular weight is 249 g/mol. The van der Waals surface area contributed by atoms with Crippen LogP contribution < -0.4 is 0 Å². The van der Waals surface area contributed by atoms with Gasteiger partial charge in [0.05, 0.1) is 16.3 Å². The summed E-state index contributed by atoms with van der Waals surface area (Å²) in [6.07, 6.45) is 0. The number of hydrogen-bond donors (Lipinski definition) is 1. The molecule has 1 aromatic carbocycles. The number of aromatic nitrogens is 2. The number of hydrogen-bond acceptors (Lipinski definition) is 3. The van der Waals surface area contributed by atoms with Gasteiger partial charge in [-0.05, 0) is 19.1 Å². The number of carbonyl (C=O) groups excluding carboxylic acids is 1. The smallest absolute Gasteiger partial charge is 0.235 e. The van der Waals surface area contributed by atoms with Gasteiger partial charge in [-0.1, -0.05) is 23.9 Å². The second-order valence-electron chi connectivity index (χ2n) is 4.05. The molecular weight excluding hydrogens is 234 g/mol. The molecule has 0 bridgehead atoms. The molecular formula is C12H15N3OS. The maximum Gasteiger partial charge on any atom is 0.235 e. The van der Waals surface area contributed by atoms with Gasteiger partial charge < -0.3 is 9.88 Å². The van der Waals surface area contributed by atoms with Gasteiger partial charge in [-0.2, -0.15) is 0 Å². The van der Waals surface area contributed by atoms with E-state index in [1.807, 2.05) is 31.2 Å². The van der Waals surface area contributed by atoms with E-state index in [-0.39, 0.29) is 11.2 Å². The van der Waals surface area contributed by atoms with Crippen LogP contribution in [0.2, 0.25) is 0 Å². The monoisotopic (exact) mass is 249 g/mol. The lowest BCUT2D eigenvalue weighted by atomic mass is 10.3. The van der Waals surface area contributed by atoms with Gasteiger partial charge in [0.2, 0.25) is 5.91 Å². The van der Waals surface area contributed by atoms with Crippen LogP contribution in [0.1, 0.15) is 6.92 Å². The number of nitrogens with zero attached hydrogens (tertiary/aromatic N) is 2. The molecule has 0 aliphatic heterocycles. The van der Waals surface area contributed by atoms with Crippen molar-refractivity contribution in [3.8, 4) is 0 Å².